The van der Waals surface area contributed by atoms with Gasteiger partial charge >= 0.3 is 0 Å². The maximum absolute atomic E-state index is 10.4. The van der Waals surface area contributed by atoms with Gasteiger partial charge in [0, 0.05) is 14.2 Å². The van der Waals surface area contributed by atoms with E-state index in [-0.39, 0.29) is 11.5 Å². The second kappa shape index (κ2) is 6.45. The fraction of sp³-hybridized carbons (Fsp3) is 0.700. The van der Waals surface area contributed by atoms with Gasteiger partial charge in [-0.1, -0.05) is 13.0 Å². The van der Waals surface area contributed by atoms with Crippen molar-refractivity contribution in [2.24, 2.45) is 17.3 Å². The number of aliphatic hydroxyl groups is 1. The normalized spacial score (nSPS) is 37.9. The fourth-order valence-electron chi connectivity index (χ4n) is 5.54. The molecule has 3 aliphatic rings. The molecule has 0 radical (unpaired) electrons. The van der Waals surface area contributed by atoms with Crippen LogP contribution in [-0.4, -0.2) is 30.5 Å². The third-order valence-corrected chi connectivity index (χ3v) is 6.66. The minimum Gasteiger partial charge on any atom is -0.508 e. The van der Waals surface area contributed by atoms with Crippen LogP contribution in [0.1, 0.15) is 56.1 Å². The summed E-state index contributed by atoms with van der Waals surface area (Å²) in [7, 11) is 3.25. The summed E-state index contributed by atoms with van der Waals surface area (Å²) in [4.78, 5) is 0. The Morgan fingerprint density at radius 1 is 1.13 bits per heavy atom. The van der Waals surface area contributed by atoms with Gasteiger partial charge in [-0.25, -0.2) is 0 Å². The maximum atomic E-state index is 10.4. The van der Waals surface area contributed by atoms with Crippen LogP contribution in [0.15, 0.2) is 18.2 Å². The predicted octanol–water partition coefficient (Wildman–Crippen LogP) is 3.87. The van der Waals surface area contributed by atoms with E-state index in [4.69, 9.17) is 0 Å². The Bertz CT molecular complexity index is 556. The third kappa shape index (κ3) is 2.78. The van der Waals surface area contributed by atoms with Crippen molar-refractivity contribution in [1.82, 2.24) is 0 Å². The van der Waals surface area contributed by atoms with E-state index in [1.165, 1.54) is 30.4 Å². The number of ether oxygens (including phenoxy) is 1. The van der Waals surface area contributed by atoms with Crippen LogP contribution in [0.2, 0.25) is 0 Å². The summed E-state index contributed by atoms with van der Waals surface area (Å²) in [6, 6.07) is 5.96. The molecule has 3 nitrogen and oxygen atoms in total. The second-order valence-corrected chi connectivity index (χ2v) is 7.84. The molecule has 3 aliphatic carbocycles. The van der Waals surface area contributed by atoms with Gasteiger partial charge in [0.25, 0.3) is 0 Å². The smallest absolute Gasteiger partial charge is 0.115 e. The number of aromatic hydroxyl groups is 1. The Morgan fingerprint density at radius 2 is 1.87 bits per heavy atom. The molecule has 2 fully saturated rings. The molecule has 0 heterocycles. The standard InChI is InChI=1S/C18H24O2.C2H6O/c1-18-9-8-14-13-5-3-12(19)10-11(13)2-4-15(14)16(18)6-7-17(18)20;1-3-2/h3,5,10,14-17,19-20H,2,4,6-9H2,1H3;1-2H3/t14-,15-,16+,17+,18+;/m1./s1. The van der Waals surface area contributed by atoms with Crippen LogP contribution in [0.4, 0.5) is 0 Å². The maximum Gasteiger partial charge on any atom is 0.115 e. The van der Waals surface area contributed by atoms with E-state index < -0.39 is 0 Å². The van der Waals surface area contributed by atoms with Gasteiger partial charge in [-0.3, -0.25) is 0 Å². The van der Waals surface area contributed by atoms with Crippen molar-refractivity contribution in [3.8, 4) is 5.75 Å². The summed E-state index contributed by atoms with van der Waals surface area (Å²) >= 11 is 0. The summed E-state index contributed by atoms with van der Waals surface area (Å²) < 4.78 is 4.25. The van der Waals surface area contributed by atoms with E-state index in [1.54, 1.807) is 14.2 Å². The molecule has 0 bridgehead atoms. The lowest BCUT2D eigenvalue weighted by molar-refractivity contribution is -0.0226. The first kappa shape index (κ1) is 16.8. The molecule has 0 aromatic heterocycles. The zero-order chi connectivity index (χ0) is 16.6. The molecule has 0 spiro atoms. The monoisotopic (exact) mass is 318 g/mol. The number of hydrogen-bond acceptors (Lipinski definition) is 3. The molecule has 0 amide bonds. The van der Waals surface area contributed by atoms with Crippen molar-refractivity contribution >= 4 is 0 Å². The van der Waals surface area contributed by atoms with Crippen LogP contribution in [0.25, 0.3) is 0 Å². The number of hydrogen-bond donors (Lipinski definition) is 2. The number of benzene rings is 1. The summed E-state index contributed by atoms with van der Waals surface area (Å²) in [6.45, 7) is 2.32. The largest absolute Gasteiger partial charge is 0.508 e. The number of methoxy groups -OCH3 is 1. The van der Waals surface area contributed by atoms with Gasteiger partial charge < -0.3 is 14.9 Å². The molecule has 2 saturated carbocycles. The second-order valence-electron chi connectivity index (χ2n) is 7.84. The lowest BCUT2D eigenvalue weighted by atomic mass is 9.55. The van der Waals surface area contributed by atoms with Crippen LogP contribution in [0.3, 0.4) is 0 Å². The molecular weight excluding hydrogens is 288 g/mol. The third-order valence-electron chi connectivity index (χ3n) is 6.66. The molecule has 3 heteroatoms. The van der Waals surface area contributed by atoms with Gasteiger partial charge in [-0.05, 0) is 85.0 Å². The first-order valence-electron chi connectivity index (χ1n) is 8.91. The highest BCUT2D eigenvalue weighted by Crippen LogP contribution is 2.60. The minimum atomic E-state index is -0.0883. The topological polar surface area (TPSA) is 49.7 Å². The number of phenolic OH excluding ortho intramolecular Hbond substituents is 1. The average Bonchev–Trinajstić information content (AvgIpc) is 2.83. The Labute approximate surface area is 139 Å². The summed E-state index contributed by atoms with van der Waals surface area (Å²) in [6.07, 6.45) is 6.78. The van der Waals surface area contributed by atoms with E-state index in [0.717, 1.165) is 25.2 Å². The minimum absolute atomic E-state index is 0.0883. The van der Waals surface area contributed by atoms with Crippen molar-refractivity contribution in [2.45, 2.75) is 57.5 Å². The van der Waals surface area contributed by atoms with Crippen molar-refractivity contribution in [3.63, 3.8) is 0 Å². The molecule has 4 rings (SSSR count). The first-order chi connectivity index (χ1) is 11.0. The molecule has 128 valence electrons. The van der Waals surface area contributed by atoms with E-state index >= 15 is 0 Å². The number of aliphatic hydroxyl groups excluding tert-OH is 1. The van der Waals surface area contributed by atoms with E-state index in [1.807, 2.05) is 12.1 Å². The zero-order valence-electron chi connectivity index (χ0n) is 14.6. The van der Waals surface area contributed by atoms with Crippen LogP contribution >= 0.6 is 0 Å². The van der Waals surface area contributed by atoms with Crippen molar-refractivity contribution in [1.29, 1.82) is 0 Å². The highest BCUT2D eigenvalue weighted by molar-refractivity contribution is 5.40. The van der Waals surface area contributed by atoms with Crippen LogP contribution < -0.4 is 0 Å². The van der Waals surface area contributed by atoms with Gasteiger partial charge in [0.15, 0.2) is 0 Å². The molecule has 1 aromatic carbocycles. The number of fused-ring (bicyclic) bond motifs is 5. The molecule has 0 saturated heterocycles. The average molecular weight is 318 g/mol. The van der Waals surface area contributed by atoms with E-state index in [2.05, 4.69) is 17.7 Å². The van der Waals surface area contributed by atoms with Crippen LogP contribution in [0.5, 0.6) is 5.75 Å². The number of rotatable bonds is 0. The van der Waals surface area contributed by atoms with Crippen molar-refractivity contribution in [2.75, 3.05) is 14.2 Å². The van der Waals surface area contributed by atoms with Crippen LogP contribution in [0, 0.1) is 17.3 Å². The Balaban J connectivity index is 0.000000485. The fourth-order valence-corrected chi connectivity index (χ4v) is 5.54. The molecule has 1 aromatic rings. The highest BCUT2D eigenvalue weighted by atomic mass is 16.4. The van der Waals surface area contributed by atoms with E-state index in [0.29, 0.717) is 17.6 Å². The summed E-state index contributed by atoms with van der Waals surface area (Å²) in [5.74, 6) is 2.49. The summed E-state index contributed by atoms with van der Waals surface area (Å²) in [5.41, 5.74) is 2.99. The summed E-state index contributed by atoms with van der Waals surface area (Å²) in [5, 5.41) is 20.0. The van der Waals surface area contributed by atoms with Crippen LogP contribution in [-0.2, 0) is 11.2 Å². The van der Waals surface area contributed by atoms with Crippen molar-refractivity contribution in [3.05, 3.63) is 29.3 Å². The van der Waals surface area contributed by atoms with Gasteiger partial charge in [0.05, 0.1) is 6.10 Å². The molecule has 5 atom stereocenters. The highest BCUT2D eigenvalue weighted by Gasteiger charge is 2.54. The Morgan fingerprint density at radius 3 is 2.61 bits per heavy atom. The Hall–Kier alpha value is -1.06. The lowest BCUT2D eigenvalue weighted by Gasteiger charge is -2.50. The van der Waals surface area contributed by atoms with E-state index in [9.17, 15) is 10.2 Å². The molecular formula is C20H30O3. The van der Waals surface area contributed by atoms with Crippen molar-refractivity contribution < 1.29 is 14.9 Å². The molecule has 0 unspecified atom stereocenters. The lowest BCUT2D eigenvalue weighted by Crippen LogP contribution is -2.43. The molecule has 0 aliphatic heterocycles. The Kier molecular flexibility index (Phi) is 4.70. The quantitative estimate of drug-likeness (QED) is 0.763. The predicted molar refractivity (Wildman–Crippen MR) is 91.7 cm³/mol. The molecule has 23 heavy (non-hydrogen) atoms. The number of aryl methyl sites for hydroxylation is 1. The van der Waals surface area contributed by atoms with Gasteiger partial charge in [0.1, 0.15) is 5.75 Å². The van der Waals surface area contributed by atoms with Gasteiger partial charge in [0.2, 0.25) is 0 Å². The first-order valence-corrected chi connectivity index (χ1v) is 8.91. The SMILES string of the molecule is COC.C[C@]12CC[C@@H]3c4ccc(O)cc4CC[C@H]3[C@@H]1CC[C@@H]2O. The number of phenols is 1. The van der Waals surface area contributed by atoms with Gasteiger partial charge in [-0.2, -0.15) is 0 Å². The molecule has 2 N–H and O–H groups in total. The van der Waals surface area contributed by atoms with Gasteiger partial charge in [-0.15, -0.1) is 0 Å². The zero-order valence-corrected chi connectivity index (χ0v) is 14.6.